The van der Waals surface area contributed by atoms with Gasteiger partial charge < -0.3 is 10.6 Å². The summed E-state index contributed by atoms with van der Waals surface area (Å²) in [5.41, 5.74) is 0.474. The molecule has 1 amide bonds. The first-order valence-corrected chi connectivity index (χ1v) is 6.70. The van der Waals surface area contributed by atoms with Gasteiger partial charge in [0.15, 0.2) is 0 Å². The van der Waals surface area contributed by atoms with Crippen molar-refractivity contribution in [3.8, 4) is 0 Å². The Morgan fingerprint density at radius 3 is 2.82 bits per heavy atom. The second-order valence-electron chi connectivity index (χ2n) is 3.75. The average Bonchev–Trinajstić information content (AvgIpc) is 2.59. The molecule has 96 valence electrons. The van der Waals surface area contributed by atoms with E-state index in [-0.39, 0.29) is 24.4 Å². The molecule has 1 aliphatic rings. The summed E-state index contributed by atoms with van der Waals surface area (Å²) >= 11 is 12.9. The van der Waals surface area contributed by atoms with Gasteiger partial charge in [-0.3, -0.25) is 4.79 Å². The molecule has 1 fully saturated rings. The van der Waals surface area contributed by atoms with Gasteiger partial charge in [-0.15, -0.1) is 23.7 Å². The van der Waals surface area contributed by atoms with Gasteiger partial charge in [-0.25, -0.2) is 0 Å². The molecular formula is C10H13Cl3N2OS. The lowest BCUT2D eigenvalue weighted by molar-refractivity contribution is 0.0931. The second-order valence-corrected chi connectivity index (χ2v) is 6.04. The molecule has 0 saturated carbocycles. The first kappa shape index (κ1) is 15.1. The molecule has 1 saturated heterocycles. The molecule has 1 aliphatic heterocycles. The first-order chi connectivity index (χ1) is 7.66. The summed E-state index contributed by atoms with van der Waals surface area (Å²) in [4.78, 5) is 11.9. The van der Waals surface area contributed by atoms with Crippen molar-refractivity contribution in [3.63, 3.8) is 0 Å². The molecule has 2 heterocycles. The molecule has 1 aromatic rings. The highest BCUT2D eigenvalue weighted by Gasteiger charge is 2.19. The molecule has 0 spiro atoms. The van der Waals surface area contributed by atoms with Gasteiger partial charge in [0.25, 0.3) is 5.91 Å². The minimum Gasteiger partial charge on any atom is -0.348 e. The highest BCUT2D eigenvalue weighted by atomic mass is 35.5. The maximum Gasteiger partial charge on any atom is 0.253 e. The van der Waals surface area contributed by atoms with Crippen molar-refractivity contribution >= 4 is 52.9 Å². The topological polar surface area (TPSA) is 41.1 Å². The van der Waals surface area contributed by atoms with Crippen LogP contribution in [0.15, 0.2) is 6.07 Å². The SMILES string of the molecule is Cl.O=C(N[C@H]1CCCNC1)c1cc(Cl)sc1Cl. The third-order valence-corrected chi connectivity index (χ3v) is 4.02. The molecule has 0 aromatic carbocycles. The van der Waals surface area contributed by atoms with E-state index in [4.69, 9.17) is 23.2 Å². The molecule has 0 unspecified atom stereocenters. The van der Waals surface area contributed by atoms with Crippen molar-refractivity contribution in [1.82, 2.24) is 10.6 Å². The van der Waals surface area contributed by atoms with E-state index >= 15 is 0 Å². The van der Waals surface area contributed by atoms with Gasteiger partial charge in [0, 0.05) is 12.6 Å². The first-order valence-electron chi connectivity index (χ1n) is 5.13. The fourth-order valence-electron chi connectivity index (χ4n) is 1.73. The molecule has 7 heteroatoms. The Labute approximate surface area is 120 Å². The lowest BCUT2D eigenvalue weighted by Gasteiger charge is -2.23. The van der Waals surface area contributed by atoms with Gasteiger partial charge in [-0.2, -0.15) is 0 Å². The number of hydrogen-bond acceptors (Lipinski definition) is 3. The lowest BCUT2D eigenvalue weighted by Crippen LogP contribution is -2.45. The van der Waals surface area contributed by atoms with Crippen LogP contribution in [0.25, 0.3) is 0 Å². The minimum atomic E-state index is -0.137. The molecule has 0 radical (unpaired) electrons. The molecule has 2 rings (SSSR count). The Bertz CT molecular complexity index is 391. The van der Waals surface area contributed by atoms with Crippen molar-refractivity contribution in [1.29, 1.82) is 0 Å². The fraction of sp³-hybridized carbons (Fsp3) is 0.500. The zero-order valence-corrected chi connectivity index (χ0v) is 12.1. The summed E-state index contributed by atoms with van der Waals surface area (Å²) in [6.07, 6.45) is 2.09. The standard InChI is InChI=1S/C10H12Cl2N2OS.ClH/c11-8-4-7(9(12)16-8)10(15)14-6-2-1-3-13-5-6;/h4,6,13H,1-3,5H2,(H,14,15);1H/t6-;/m0./s1. The van der Waals surface area contributed by atoms with E-state index in [0.29, 0.717) is 14.2 Å². The molecule has 0 bridgehead atoms. The summed E-state index contributed by atoms with van der Waals surface area (Å²) in [5.74, 6) is -0.137. The van der Waals surface area contributed by atoms with E-state index in [2.05, 4.69) is 10.6 Å². The van der Waals surface area contributed by atoms with E-state index in [0.717, 1.165) is 25.9 Å². The number of carbonyl (C=O) groups is 1. The van der Waals surface area contributed by atoms with E-state index in [1.807, 2.05) is 0 Å². The molecule has 17 heavy (non-hydrogen) atoms. The molecule has 3 nitrogen and oxygen atoms in total. The van der Waals surface area contributed by atoms with Gasteiger partial charge in [0.2, 0.25) is 0 Å². The summed E-state index contributed by atoms with van der Waals surface area (Å²) in [7, 11) is 0. The molecule has 0 aliphatic carbocycles. The van der Waals surface area contributed by atoms with Gasteiger partial charge >= 0.3 is 0 Å². The molecular weight excluding hydrogens is 303 g/mol. The van der Waals surface area contributed by atoms with Crippen molar-refractivity contribution in [2.45, 2.75) is 18.9 Å². The monoisotopic (exact) mass is 314 g/mol. The Balaban J connectivity index is 0.00000144. The van der Waals surface area contributed by atoms with E-state index < -0.39 is 0 Å². The Kier molecular flexibility index (Phi) is 6.03. The minimum absolute atomic E-state index is 0. The third-order valence-electron chi connectivity index (χ3n) is 2.53. The van der Waals surface area contributed by atoms with Crippen molar-refractivity contribution in [2.75, 3.05) is 13.1 Å². The van der Waals surface area contributed by atoms with Crippen LogP contribution in [0.4, 0.5) is 0 Å². The van der Waals surface area contributed by atoms with Gasteiger partial charge in [-0.1, -0.05) is 23.2 Å². The number of hydrogen-bond donors (Lipinski definition) is 2. The maximum atomic E-state index is 11.9. The van der Waals surface area contributed by atoms with Crippen LogP contribution in [0.2, 0.25) is 8.67 Å². The van der Waals surface area contributed by atoms with Crippen LogP contribution in [-0.2, 0) is 0 Å². The summed E-state index contributed by atoms with van der Waals surface area (Å²) in [6.45, 7) is 1.85. The Morgan fingerprint density at radius 2 is 2.29 bits per heavy atom. The highest BCUT2D eigenvalue weighted by Crippen LogP contribution is 2.31. The average molecular weight is 316 g/mol. The normalized spacial score (nSPS) is 19.5. The summed E-state index contributed by atoms with van der Waals surface area (Å²) in [5, 5.41) is 6.19. The number of piperidine rings is 1. The zero-order chi connectivity index (χ0) is 11.5. The van der Waals surface area contributed by atoms with Crippen LogP contribution in [0.5, 0.6) is 0 Å². The van der Waals surface area contributed by atoms with Gasteiger partial charge in [0.05, 0.1) is 9.90 Å². The predicted octanol–water partition coefficient (Wildman–Crippen LogP) is 2.96. The number of nitrogens with one attached hydrogen (secondary N) is 2. The number of halogens is 3. The van der Waals surface area contributed by atoms with Gasteiger partial charge in [-0.05, 0) is 25.5 Å². The molecule has 1 aromatic heterocycles. The van der Waals surface area contributed by atoms with E-state index in [1.165, 1.54) is 11.3 Å². The number of thiophene rings is 1. The lowest BCUT2D eigenvalue weighted by atomic mass is 10.1. The van der Waals surface area contributed by atoms with Crippen molar-refractivity contribution < 1.29 is 4.79 Å². The fourth-order valence-corrected chi connectivity index (χ4v) is 3.19. The largest absolute Gasteiger partial charge is 0.348 e. The van der Waals surface area contributed by atoms with Crippen molar-refractivity contribution in [3.05, 3.63) is 20.3 Å². The molecule has 2 N–H and O–H groups in total. The van der Waals surface area contributed by atoms with Crippen LogP contribution in [-0.4, -0.2) is 25.0 Å². The quantitative estimate of drug-likeness (QED) is 0.881. The van der Waals surface area contributed by atoms with Crippen LogP contribution >= 0.6 is 46.9 Å². The van der Waals surface area contributed by atoms with E-state index in [9.17, 15) is 4.79 Å². The molecule has 1 atom stereocenters. The van der Waals surface area contributed by atoms with Crippen LogP contribution in [0.3, 0.4) is 0 Å². The Morgan fingerprint density at radius 1 is 1.53 bits per heavy atom. The predicted molar refractivity (Wildman–Crippen MR) is 74.9 cm³/mol. The van der Waals surface area contributed by atoms with Gasteiger partial charge in [0.1, 0.15) is 4.34 Å². The number of carbonyl (C=O) groups excluding carboxylic acids is 1. The zero-order valence-electron chi connectivity index (χ0n) is 8.96. The smallest absolute Gasteiger partial charge is 0.253 e. The summed E-state index contributed by atoms with van der Waals surface area (Å²) < 4.78 is 0.989. The number of rotatable bonds is 2. The highest BCUT2D eigenvalue weighted by molar-refractivity contribution is 7.20. The Hall–Kier alpha value is -0.0000000000000000555. The van der Waals surface area contributed by atoms with Crippen molar-refractivity contribution in [2.24, 2.45) is 0 Å². The van der Waals surface area contributed by atoms with Crippen LogP contribution in [0, 0.1) is 0 Å². The maximum absolute atomic E-state index is 11.9. The third kappa shape index (κ3) is 4.00. The van der Waals surface area contributed by atoms with E-state index in [1.54, 1.807) is 6.07 Å². The summed E-state index contributed by atoms with van der Waals surface area (Å²) in [6, 6.07) is 1.80. The van der Waals surface area contributed by atoms with Crippen LogP contribution < -0.4 is 10.6 Å². The number of amides is 1. The van der Waals surface area contributed by atoms with Crippen LogP contribution in [0.1, 0.15) is 23.2 Å². The second kappa shape index (κ2) is 6.81.